The SMILES string of the molecule is CC(=O)NCC(=O)N1CCCC1c1nc(C)c2c(n1)N(CC1CCCCC1)C(=O)CC2. The molecule has 8 nitrogen and oxygen atoms in total. The second kappa shape index (κ2) is 9.32. The van der Waals surface area contributed by atoms with Gasteiger partial charge in [0.15, 0.2) is 5.82 Å². The van der Waals surface area contributed by atoms with E-state index in [1.165, 1.54) is 39.0 Å². The quantitative estimate of drug-likeness (QED) is 0.779. The molecule has 3 heterocycles. The topological polar surface area (TPSA) is 95.5 Å². The van der Waals surface area contributed by atoms with Crippen LogP contribution < -0.4 is 10.2 Å². The Labute approximate surface area is 183 Å². The van der Waals surface area contributed by atoms with Crippen molar-refractivity contribution in [3.05, 3.63) is 17.1 Å². The lowest BCUT2D eigenvalue weighted by molar-refractivity contribution is -0.133. The van der Waals surface area contributed by atoms with E-state index in [1.54, 1.807) is 4.90 Å². The number of aromatic nitrogens is 2. The second-order valence-corrected chi connectivity index (χ2v) is 9.13. The molecule has 8 heteroatoms. The molecule has 0 spiro atoms. The van der Waals surface area contributed by atoms with Crippen molar-refractivity contribution in [2.24, 2.45) is 5.92 Å². The fourth-order valence-electron chi connectivity index (χ4n) is 5.20. The average molecular weight is 428 g/mol. The van der Waals surface area contributed by atoms with Gasteiger partial charge in [-0.15, -0.1) is 0 Å². The van der Waals surface area contributed by atoms with Crippen LogP contribution in [0.15, 0.2) is 0 Å². The van der Waals surface area contributed by atoms with Crippen LogP contribution in [0.25, 0.3) is 0 Å². The zero-order valence-electron chi connectivity index (χ0n) is 18.7. The summed E-state index contributed by atoms with van der Waals surface area (Å²) in [7, 11) is 0. The van der Waals surface area contributed by atoms with Gasteiger partial charge < -0.3 is 10.2 Å². The molecular weight excluding hydrogens is 394 g/mol. The van der Waals surface area contributed by atoms with Crippen LogP contribution in [0, 0.1) is 12.8 Å². The molecule has 0 radical (unpaired) electrons. The molecule has 1 unspecified atom stereocenters. The van der Waals surface area contributed by atoms with Gasteiger partial charge >= 0.3 is 0 Å². The highest BCUT2D eigenvalue weighted by atomic mass is 16.2. The lowest BCUT2D eigenvalue weighted by Gasteiger charge is -2.34. The van der Waals surface area contributed by atoms with Crippen molar-refractivity contribution in [1.29, 1.82) is 0 Å². The highest BCUT2D eigenvalue weighted by Gasteiger charge is 2.35. The van der Waals surface area contributed by atoms with Gasteiger partial charge in [0, 0.05) is 37.7 Å². The van der Waals surface area contributed by atoms with Crippen molar-refractivity contribution in [3.63, 3.8) is 0 Å². The first-order valence-corrected chi connectivity index (χ1v) is 11.7. The predicted octanol–water partition coefficient (Wildman–Crippen LogP) is 2.44. The summed E-state index contributed by atoms with van der Waals surface area (Å²) in [4.78, 5) is 50.1. The van der Waals surface area contributed by atoms with Gasteiger partial charge in [0.2, 0.25) is 17.7 Å². The minimum atomic E-state index is -0.221. The standard InChI is InChI=1S/C23H33N5O3/c1-15-18-10-11-20(30)28(14-17-7-4-3-5-8-17)23(18)26-22(25-15)19-9-6-12-27(19)21(31)13-24-16(2)29/h17,19H,3-14H2,1-2H3,(H,24,29). The number of nitrogens with zero attached hydrogens (tertiary/aromatic N) is 4. The van der Waals surface area contributed by atoms with Crippen LogP contribution in [0.4, 0.5) is 5.82 Å². The number of anilines is 1. The van der Waals surface area contributed by atoms with Crippen molar-refractivity contribution in [2.75, 3.05) is 24.5 Å². The lowest BCUT2D eigenvalue weighted by atomic mass is 9.88. The predicted molar refractivity (Wildman–Crippen MR) is 116 cm³/mol. The zero-order chi connectivity index (χ0) is 22.0. The van der Waals surface area contributed by atoms with Crippen LogP contribution in [-0.4, -0.2) is 52.2 Å². The van der Waals surface area contributed by atoms with Gasteiger partial charge in [-0.25, -0.2) is 9.97 Å². The Morgan fingerprint density at radius 1 is 1.06 bits per heavy atom. The summed E-state index contributed by atoms with van der Waals surface area (Å²) in [6.45, 7) is 4.74. The number of rotatable bonds is 5. The van der Waals surface area contributed by atoms with Crippen LogP contribution in [0.3, 0.4) is 0 Å². The zero-order valence-corrected chi connectivity index (χ0v) is 18.7. The second-order valence-electron chi connectivity index (χ2n) is 9.13. The fourth-order valence-corrected chi connectivity index (χ4v) is 5.20. The normalized spacial score (nSPS) is 21.9. The van der Waals surface area contributed by atoms with Gasteiger partial charge in [0.05, 0.1) is 12.6 Å². The molecule has 1 aliphatic carbocycles. The molecule has 3 aliphatic rings. The smallest absolute Gasteiger partial charge is 0.242 e. The van der Waals surface area contributed by atoms with Crippen LogP contribution in [0.5, 0.6) is 0 Å². The number of hydrogen-bond acceptors (Lipinski definition) is 5. The minimum absolute atomic E-state index is 0.0119. The Kier molecular flexibility index (Phi) is 6.53. The molecule has 1 aromatic heterocycles. The van der Waals surface area contributed by atoms with E-state index in [2.05, 4.69) is 5.32 Å². The molecular formula is C23H33N5O3. The Hall–Kier alpha value is -2.51. The van der Waals surface area contributed by atoms with Crippen LogP contribution >= 0.6 is 0 Å². The molecule has 3 amide bonds. The summed E-state index contributed by atoms with van der Waals surface area (Å²) in [6, 6.07) is -0.209. The van der Waals surface area contributed by atoms with E-state index in [9.17, 15) is 14.4 Å². The summed E-state index contributed by atoms with van der Waals surface area (Å²) in [5, 5.41) is 2.59. The van der Waals surface area contributed by atoms with E-state index in [4.69, 9.17) is 9.97 Å². The van der Waals surface area contributed by atoms with Crippen molar-refractivity contribution < 1.29 is 14.4 Å². The largest absolute Gasteiger partial charge is 0.347 e. The minimum Gasteiger partial charge on any atom is -0.347 e. The van der Waals surface area contributed by atoms with Gasteiger partial charge in [-0.2, -0.15) is 0 Å². The van der Waals surface area contributed by atoms with Crippen LogP contribution in [-0.2, 0) is 20.8 Å². The first-order chi connectivity index (χ1) is 14.9. The first kappa shape index (κ1) is 21.7. The maximum atomic E-state index is 12.9. The summed E-state index contributed by atoms with van der Waals surface area (Å²) in [5.41, 5.74) is 1.97. The Morgan fingerprint density at radius 3 is 2.58 bits per heavy atom. The maximum absolute atomic E-state index is 12.9. The molecule has 2 aliphatic heterocycles. The molecule has 0 aromatic carbocycles. The number of amides is 3. The molecule has 0 bridgehead atoms. The number of likely N-dealkylation sites (tertiary alicyclic amines) is 1. The van der Waals surface area contributed by atoms with Gasteiger partial charge in [-0.1, -0.05) is 19.3 Å². The molecule has 31 heavy (non-hydrogen) atoms. The van der Waals surface area contributed by atoms with E-state index in [-0.39, 0.29) is 30.3 Å². The molecule has 168 valence electrons. The van der Waals surface area contributed by atoms with Crippen molar-refractivity contribution in [1.82, 2.24) is 20.2 Å². The number of hydrogen-bond donors (Lipinski definition) is 1. The van der Waals surface area contributed by atoms with Crippen LogP contribution in [0.1, 0.15) is 81.4 Å². The molecule has 1 saturated carbocycles. The fraction of sp³-hybridized carbons (Fsp3) is 0.696. The molecule has 1 aromatic rings. The summed E-state index contributed by atoms with van der Waals surface area (Å²) < 4.78 is 0. The van der Waals surface area contributed by atoms with E-state index in [1.807, 2.05) is 11.8 Å². The third-order valence-corrected chi connectivity index (χ3v) is 6.88. The van der Waals surface area contributed by atoms with Crippen molar-refractivity contribution >= 4 is 23.5 Å². The van der Waals surface area contributed by atoms with E-state index < -0.39 is 0 Å². The van der Waals surface area contributed by atoms with Gasteiger partial charge in [-0.05, 0) is 44.9 Å². The Balaban J connectivity index is 1.60. The maximum Gasteiger partial charge on any atom is 0.242 e. The first-order valence-electron chi connectivity index (χ1n) is 11.7. The van der Waals surface area contributed by atoms with Gasteiger partial charge in [0.1, 0.15) is 5.82 Å². The number of nitrogens with one attached hydrogen (secondary N) is 1. The molecule has 1 atom stereocenters. The molecule has 1 saturated heterocycles. The Bertz CT molecular complexity index is 865. The lowest BCUT2D eigenvalue weighted by Crippen LogP contribution is -2.42. The van der Waals surface area contributed by atoms with Gasteiger partial charge in [-0.3, -0.25) is 19.3 Å². The number of aryl methyl sites for hydroxylation is 1. The molecule has 1 N–H and O–H groups in total. The van der Waals surface area contributed by atoms with E-state index >= 15 is 0 Å². The monoisotopic (exact) mass is 427 g/mol. The van der Waals surface area contributed by atoms with Crippen molar-refractivity contribution in [3.8, 4) is 0 Å². The highest BCUT2D eigenvalue weighted by Crippen LogP contribution is 2.35. The van der Waals surface area contributed by atoms with Crippen LogP contribution in [0.2, 0.25) is 0 Å². The number of carbonyl (C=O) groups is 3. The van der Waals surface area contributed by atoms with E-state index in [0.717, 1.165) is 36.5 Å². The Morgan fingerprint density at radius 2 is 1.84 bits per heavy atom. The summed E-state index contributed by atoms with van der Waals surface area (Å²) >= 11 is 0. The number of fused-ring (bicyclic) bond motifs is 1. The average Bonchev–Trinajstić information content (AvgIpc) is 3.25. The summed E-state index contributed by atoms with van der Waals surface area (Å²) in [5.74, 6) is 1.71. The van der Waals surface area contributed by atoms with E-state index in [0.29, 0.717) is 31.1 Å². The highest BCUT2D eigenvalue weighted by molar-refractivity contribution is 5.95. The molecule has 2 fully saturated rings. The van der Waals surface area contributed by atoms with Crippen molar-refractivity contribution in [2.45, 2.75) is 77.7 Å². The third kappa shape index (κ3) is 4.72. The summed E-state index contributed by atoms with van der Waals surface area (Å²) in [6.07, 6.45) is 8.96. The van der Waals surface area contributed by atoms with Gasteiger partial charge in [0.25, 0.3) is 0 Å². The molecule has 4 rings (SSSR count). The number of carbonyl (C=O) groups excluding carboxylic acids is 3. The third-order valence-electron chi connectivity index (χ3n) is 6.88.